The number of benzene rings is 1. The Bertz CT molecular complexity index is 433. The fourth-order valence-corrected chi connectivity index (χ4v) is 3.94. The van der Waals surface area contributed by atoms with Crippen LogP contribution >= 0.6 is 23.2 Å². The fourth-order valence-electron chi connectivity index (χ4n) is 3.52. The van der Waals surface area contributed by atoms with Crippen LogP contribution in [0.5, 0.6) is 0 Å². The van der Waals surface area contributed by atoms with Crippen LogP contribution in [0.25, 0.3) is 0 Å². The monoisotopic (exact) mass is 313 g/mol. The van der Waals surface area contributed by atoms with Crippen molar-refractivity contribution in [1.29, 1.82) is 0 Å². The first-order valence-corrected chi connectivity index (χ1v) is 8.60. The molecule has 1 aromatic rings. The Morgan fingerprint density at radius 3 is 2.75 bits per heavy atom. The fraction of sp³-hybridized carbons (Fsp3) is 0.647. The maximum atomic E-state index is 6.44. The first-order valence-electron chi connectivity index (χ1n) is 7.84. The normalized spacial score (nSPS) is 24.6. The molecule has 3 atom stereocenters. The molecule has 112 valence electrons. The van der Waals surface area contributed by atoms with Gasteiger partial charge in [0.15, 0.2) is 0 Å². The molecule has 20 heavy (non-hydrogen) atoms. The molecule has 1 saturated carbocycles. The van der Waals surface area contributed by atoms with Crippen molar-refractivity contribution in [1.82, 2.24) is 5.32 Å². The van der Waals surface area contributed by atoms with Crippen molar-refractivity contribution in [2.45, 2.75) is 52.0 Å². The van der Waals surface area contributed by atoms with Crippen molar-refractivity contribution < 1.29 is 0 Å². The highest BCUT2D eigenvalue weighted by Crippen LogP contribution is 2.41. The molecule has 3 heteroatoms. The first kappa shape index (κ1) is 16.1. The zero-order chi connectivity index (χ0) is 14.5. The Morgan fingerprint density at radius 1 is 1.25 bits per heavy atom. The van der Waals surface area contributed by atoms with E-state index in [0.29, 0.717) is 17.0 Å². The molecular weight excluding hydrogens is 289 g/mol. The molecular formula is C17H25Cl2N. The number of nitrogens with one attached hydrogen (secondary N) is 1. The molecule has 0 saturated heterocycles. The molecule has 0 aliphatic heterocycles. The number of hydrogen-bond acceptors (Lipinski definition) is 1. The van der Waals surface area contributed by atoms with Crippen LogP contribution in [0, 0.1) is 11.8 Å². The van der Waals surface area contributed by atoms with Crippen LogP contribution < -0.4 is 5.32 Å². The standard InChI is InChI=1S/C17H25Cl2N/c1-3-12-7-5-8-13(11-12)17(20-4-2)14-9-6-10-15(18)16(14)19/h6,9-10,12-13,17,20H,3-5,7-8,11H2,1-2H3. The molecule has 2 rings (SSSR count). The van der Waals surface area contributed by atoms with E-state index in [1.54, 1.807) is 0 Å². The lowest BCUT2D eigenvalue weighted by Gasteiger charge is -2.35. The molecule has 1 N–H and O–H groups in total. The summed E-state index contributed by atoms with van der Waals surface area (Å²) in [5.74, 6) is 1.54. The smallest absolute Gasteiger partial charge is 0.0640 e. The second-order valence-electron chi connectivity index (χ2n) is 5.88. The van der Waals surface area contributed by atoms with Crippen molar-refractivity contribution in [2.24, 2.45) is 11.8 Å². The number of hydrogen-bond donors (Lipinski definition) is 1. The molecule has 1 aliphatic carbocycles. The molecule has 0 amide bonds. The van der Waals surface area contributed by atoms with Crippen molar-refractivity contribution in [2.75, 3.05) is 6.54 Å². The zero-order valence-corrected chi connectivity index (χ0v) is 14.0. The van der Waals surface area contributed by atoms with Gasteiger partial charge in [-0.2, -0.15) is 0 Å². The van der Waals surface area contributed by atoms with Gasteiger partial charge in [0.25, 0.3) is 0 Å². The van der Waals surface area contributed by atoms with Crippen LogP contribution in [-0.4, -0.2) is 6.54 Å². The molecule has 1 aromatic carbocycles. The Labute approximate surface area is 133 Å². The quantitative estimate of drug-likeness (QED) is 0.717. The van der Waals surface area contributed by atoms with Crippen LogP contribution in [-0.2, 0) is 0 Å². The predicted octanol–water partition coefficient (Wildman–Crippen LogP) is 5.86. The molecule has 1 nitrogen and oxygen atoms in total. The van der Waals surface area contributed by atoms with Gasteiger partial charge in [-0.25, -0.2) is 0 Å². The van der Waals surface area contributed by atoms with Gasteiger partial charge in [-0.1, -0.05) is 68.4 Å². The number of rotatable bonds is 5. The number of halogens is 2. The minimum absolute atomic E-state index is 0.334. The summed E-state index contributed by atoms with van der Waals surface area (Å²) in [6.45, 7) is 5.42. The summed E-state index contributed by atoms with van der Waals surface area (Å²) in [4.78, 5) is 0. The van der Waals surface area contributed by atoms with E-state index in [1.165, 1.54) is 37.7 Å². The van der Waals surface area contributed by atoms with Gasteiger partial charge in [0.2, 0.25) is 0 Å². The maximum Gasteiger partial charge on any atom is 0.0640 e. The van der Waals surface area contributed by atoms with Gasteiger partial charge >= 0.3 is 0 Å². The molecule has 1 fully saturated rings. The van der Waals surface area contributed by atoms with E-state index in [2.05, 4.69) is 25.2 Å². The average molecular weight is 314 g/mol. The summed E-state index contributed by atoms with van der Waals surface area (Å²) in [5.41, 5.74) is 1.17. The van der Waals surface area contributed by atoms with E-state index < -0.39 is 0 Å². The van der Waals surface area contributed by atoms with Crippen LogP contribution in [0.15, 0.2) is 18.2 Å². The van der Waals surface area contributed by atoms with E-state index in [4.69, 9.17) is 23.2 Å². The summed E-state index contributed by atoms with van der Waals surface area (Å²) in [6, 6.07) is 6.33. The third kappa shape index (κ3) is 3.69. The van der Waals surface area contributed by atoms with Gasteiger partial charge in [-0.15, -0.1) is 0 Å². The van der Waals surface area contributed by atoms with Gasteiger partial charge in [-0.3, -0.25) is 0 Å². The van der Waals surface area contributed by atoms with Crippen LogP contribution in [0.1, 0.15) is 57.6 Å². The van der Waals surface area contributed by atoms with Crippen LogP contribution in [0.3, 0.4) is 0 Å². The third-order valence-electron chi connectivity index (χ3n) is 4.61. The van der Waals surface area contributed by atoms with E-state index in [9.17, 15) is 0 Å². The zero-order valence-electron chi connectivity index (χ0n) is 12.5. The maximum absolute atomic E-state index is 6.44. The van der Waals surface area contributed by atoms with Gasteiger partial charge in [0, 0.05) is 6.04 Å². The summed E-state index contributed by atoms with van der Waals surface area (Å²) < 4.78 is 0. The summed E-state index contributed by atoms with van der Waals surface area (Å²) in [6.07, 6.45) is 6.60. The van der Waals surface area contributed by atoms with Crippen LogP contribution in [0.4, 0.5) is 0 Å². The van der Waals surface area contributed by atoms with E-state index in [0.717, 1.165) is 17.5 Å². The summed E-state index contributed by atoms with van der Waals surface area (Å²) in [7, 11) is 0. The highest BCUT2D eigenvalue weighted by atomic mass is 35.5. The van der Waals surface area contributed by atoms with Gasteiger partial charge in [-0.05, 0) is 42.9 Å². The van der Waals surface area contributed by atoms with Gasteiger partial charge in [0.1, 0.15) is 0 Å². The second kappa shape index (κ2) is 7.68. The highest BCUT2D eigenvalue weighted by molar-refractivity contribution is 6.42. The van der Waals surface area contributed by atoms with Crippen molar-refractivity contribution in [3.8, 4) is 0 Å². The predicted molar refractivity (Wildman–Crippen MR) is 88.6 cm³/mol. The molecule has 0 aromatic heterocycles. The first-order chi connectivity index (χ1) is 9.67. The van der Waals surface area contributed by atoms with E-state index >= 15 is 0 Å². The summed E-state index contributed by atoms with van der Waals surface area (Å²) >= 11 is 12.6. The molecule has 0 radical (unpaired) electrons. The van der Waals surface area contributed by atoms with Crippen molar-refractivity contribution in [3.63, 3.8) is 0 Å². The second-order valence-corrected chi connectivity index (χ2v) is 6.66. The minimum atomic E-state index is 0.334. The topological polar surface area (TPSA) is 12.0 Å². The largest absolute Gasteiger partial charge is 0.310 e. The lowest BCUT2D eigenvalue weighted by Crippen LogP contribution is -2.31. The SMILES string of the molecule is CCNC(c1cccc(Cl)c1Cl)C1CCCC(CC)C1. The van der Waals surface area contributed by atoms with Crippen molar-refractivity contribution in [3.05, 3.63) is 33.8 Å². The Morgan fingerprint density at radius 2 is 2.05 bits per heavy atom. The Balaban J connectivity index is 2.23. The van der Waals surface area contributed by atoms with Gasteiger partial charge in [0.05, 0.1) is 10.0 Å². The third-order valence-corrected chi connectivity index (χ3v) is 5.45. The van der Waals surface area contributed by atoms with E-state index in [-0.39, 0.29) is 0 Å². The average Bonchev–Trinajstić information content (AvgIpc) is 2.48. The Hall–Kier alpha value is -0.240. The minimum Gasteiger partial charge on any atom is -0.310 e. The Kier molecular flexibility index (Phi) is 6.20. The highest BCUT2D eigenvalue weighted by Gasteiger charge is 2.29. The molecule has 1 aliphatic rings. The lowest BCUT2D eigenvalue weighted by molar-refractivity contribution is 0.210. The van der Waals surface area contributed by atoms with E-state index in [1.807, 2.05) is 12.1 Å². The molecule has 3 unspecified atom stereocenters. The molecule has 0 spiro atoms. The molecule has 0 heterocycles. The lowest BCUT2D eigenvalue weighted by atomic mass is 9.75. The molecule has 0 bridgehead atoms. The van der Waals surface area contributed by atoms with Crippen molar-refractivity contribution >= 4 is 23.2 Å². The van der Waals surface area contributed by atoms with Crippen LogP contribution in [0.2, 0.25) is 10.0 Å². The van der Waals surface area contributed by atoms with Gasteiger partial charge < -0.3 is 5.32 Å². The summed E-state index contributed by atoms with van der Waals surface area (Å²) in [5, 5.41) is 5.02.